The van der Waals surface area contributed by atoms with Crippen LogP contribution in [0.15, 0.2) is 96.0 Å². The number of aromatic nitrogens is 2. The van der Waals surface area contributed by atoms with Gasteiger partial charge in [0.1, 0.15) is 18.1 Å². The molecule has 0 aliphatic heterocycles. The minimum Gasteiger partial charge on any atom is -0.470 e. The van der Waals surface area contributed by atoms with E-state index >= 15 is 0 Å². The van der Waals surface area contributed by atoms with Gasteiger partial charge >= 0.3 is 16.1 Å². The molecule has 0 fully saturated rings. The summed E-state index contributed by atoms with van der Waals surface area (Å²) in [5.74, 6) is -0.161. The van der Waals surface area contributed by atoms with Crippen molar-refractivity contribution in [2.45, 2.75) is 25.0 Å². The van der Waals surface area contributed by atoms with Crippen LogP contribution in [0.1, 0.15) is 16.7 Å². The quantitative estimate of drug-likeness (QED) is 0.193. The Bertz CT molecular complexity index is 1300. The molecule has 34 heavy (non-hydrogen) atoms. The number of rotatable bonds is 9. The molecule has 0 aliphatic carbocycles. The Labute approximate surface area is 215 Å². The molecule has 0 amide bonds. The Balaban J connectivity index is 0.00000324. The van der Waals surface area contributed by atoms with Gasteiger partial charge in [-0.3, -0.25) is 0 Å². The van der Waals surface area contributed by atoms with Crippen molar-refractivity contribution in [1.82, 2.24) is 9.97 Å². The molecule has 1 heterocycles. The molecule has 0 N–H and O–H groups in total. The number of aryl methyl sites for hydroxylation is 1. The molecule has 0 saturated carbocycles. The van der Waals surface area contributed by atoms with E-state index in [4.69, 9.17) is 13.7 Å². The first kappa shape index (κ1) is 25.4. The fourth-order valence-electron chi connectivity index (χ4n) is 2.89. The van der Waals surface area contributed by atoms with Crippen LogP contribution in [0.3, 0.4) is 0 Å². The van der Waals surface area contributed by atoms with Crippen LogP contribution in [-0.2, 0) is 23.3 Å². The van der Waals surface area contributed by atoms with Crippen LogP contribution in [0.25, 0.3) is 0 Å². The molecule has 4 rings (SSSR count). The SMILES string of the molecule is Cc1ccc(S(=O)(=O)Oc2cnc(OCc3ccccc3)nc2OCc2ccccc2)cc1.I. The molecule has 0 atom stereocenters. The molecule has 1 aromatic heterocycles. The van der Waals surface area contributed by atoms with E-state index in [1.165, 1.54) is 18.3 Å². The molecule has 0 spiro atoms. The third-order valence-corrected chi connectivity index (χ3v) is 5.89. The summed E-state index contributed by atoms with van der Waals surface area (Å²) in [6, 6.07) is 25.4. The molecule has 0 saturated heterocycles. The summed E-state index contributed by atoms with van der Waals surface area (Å²) in [5.41, 5.74) is 2.76. The summed E-state index contributed by atoms with van der Waals surface area (Å²) >= 11 is 0. The van der Waals surface area contributed by atoms with Crippen LogP contribution >= 0.6 is 24.0 Å². The van der Waals surface area contributed by atoms with Gasteiger partial charge in [-0.25, -0.2) is 0 Å². The molecule has 4 aromatic rings. The Morgan fingerprint density at radius 2 is 1.32 bits per heavy atom. The molecule has 7 nitrogen and oxygen atoms in total. The van der Waals surface area contributed by atoms with Crippen molar-refractivity contribution >= 4 is 34.1 Å². The summed E-state index contributed by atoms with van der Waals surface area (Å²) in [7, 11) is -4.10. The topological polar surface area (TPSA) is 87.6 Å². The van der Waals surface area contributed by atoms with E-state index < -0.39 is 10.1 Å². The lowest BCUT2D eigenvalue weighted by Gasteiger charge is -2.13. The standard InChI is InChI=1S/C25H22N2O5S.HI/c1-19-12-14-22(15-13-19)33(28,29)32-23-16-26-25(31-18-21-10-6-3-7-11-21)27-24(23)30-17-20-8-4-2-5-9-20;/h2-16H,17-18H2,1H3;1H. The second kappa shape index (κ2) is 11.8. The first-order valence-corrected chi connectivity index (χ1v) is 11.6. The number of hydrogen-bond acceptors (Lipinski definition) is 7. The van der Waals surface area contributed by atoms with E-state index in [0.717, 1.165) is 16.7 Å². The third kappa shape index (κ3) is 6.91. The average molecular weight is 590 g/mol. The van der Waals surface area contributed by atoms with Crippen LogP contribution in [0.4, 0.5) is 0 Å². The normalized spacial score (nSPS) is 10.7. The largest absolute Gasteiger partial charge is 0.470 e. The van der Waals surface area contributed by atoms with Crippen molar-refractivity contribution in [3.63, 3.8) is 0 Å². The van der Waals surface area contributed by atoms with Crippen LogP contribution in [0.2, 0.25) is 0 Å². The number of ether oxygens (including phenoxy) is 2. The molecule has 176 valence electrons. The average Bonchev–Trinajstić information content (AvgIpc) is 2.84. The highest BCUT2D eigenvalue weighted by Crippen LogP contribution is 2.30. The van der Waals surface area contributed by atoms with Crippen molar-refractivity contribution in [2.75, 3.05) is 0 Å². The zero-order chi connectivity index (χ0) is 23.1. The number of halogens is 1. The summed E-state index contributed by atoms with van der Waals surface area (Å²) in [6.45, 7) is 2.28. The number of benzene rings is 3. The Kier molecular flexibility index (Phi) is 8.83. The lowest BCUT2D eigenvalue weighted by Crippen LogP contribution is -2.12. The maximum atomic E-state index is 12.8. The van der Waals surface area contributed by atoms with Gasteiger partial charge in [-0.05, 0) is 30.2 Å². The Morgan fingerprint density at radius 1 is 0.765 bits per heavy atom. The molecular formula is C25H23IN2O5S. The lowest BCUT2D eigenvalue weighted by atomic mass is 10.2. The van der Waals surface area contributed by atoms with Gasteiger partial charge in [0, 0.05) is 0 Å². The predicted molar refractivity (Wildman–Crippen MR) is 138 cm³/mol. The van der Waals surface area contributed by atoms with Crippen LogP contribution in [0, 0.1) is 6.92 Å². The van der Waals surface area contributed by atoms with Crippen LogP contribution in [0.5, 0.6) is 17.6 Å². The van der Waals surface area contributed by atoms with E-state index in [-0.39, 0.29) is 59.7 Å². The van der Waals surface area contributed by atoms with Crippen LogP contribution < -0.4 is 13.7 Å². The first-order chi connectivity index (χ1) is 16.0. The lowest BCUT2D eigenvalue weighted by molar-refractivity contribution is 0.252. The highest BCUT2D eigenvalue weighted by molar-refractivity contribution is 14.0. The zero-order valence-corrected chi connectivity index (χ0v) is 21.5. The molecule has 9 heteroatoms. The molecule has 0 aliphatic rings. The van der Waals surface area contributed by atoms with Gasteiger partial charge in [0.25, 0.3) is 5.88 Å². The van der Waals surface area contributed by atoms with Gasteiger partial charge in [0.15, 0.2) is 0 Å². The zero-order valence-electron chi connectivity index (χ0n) is 18.3. The summed E-state index contributed by atoms with van der Waals surface area (Å²) in [5, 5.41) is 0. The smallest absolute Gasteiger partial charge is 0.339 e. The second-order valence-electron chi connectivity index (χ2n) is 7.22. The van der Waals surface area contributed by atoms with E-state index in [2.05, 4.69) is 9.97 Å². The van der Waals surface area contributed by atoms with Gasteiger partial charge in [-0.1, -0.05) is 78.4 Å². The maximum Gasteiger partial charge on any atom is 0.339 e. The number of nitrogens with zero attached hydrogens (tertiary/aromatic N) is 2. The highest BCUT2D eigenvalue weighted by Gasteiger charge is 2.21. The van der Waals surface area contributed by atoms with Gasteiger partial charge in [0.2, 0.25) is 5.75 Å². The first-order valence-electron chi connectivity index (χ1n) is 10.2. The highest BCUT2D eigenvalue weighted by atomic mass is 127. The summed E-state index contributed by atoms with van der Waals surface area (Å²) in [4.78, 5) is 8.37. The van der Waals surface area contributed by atoms with Crippen molar-refractivity contribution in [2.24, 2.45) is 0 Å². The minimum atomic E-state index is -4.10. The van der Waals surface area contributed by atoms with Gasteiger partial charge in [-0.2, -0.15) is 18.4 Å². The van der Waals surface area contributed by atoms with Gasteiger partial charge in [-0.15, -0.1) is 24.0 Å². The summed E-state index contributed by atoms with van der Waals surface area (Å²) < 4.78 is 42.3. The van der Waals surface area contributed by atoms with Crippen LogP contribution in [-0.4, -0.2) is 18.4 Å². The van der Waals surface area contributed by atoms with Crippen molar-refractivity contribution in [1.29, 1.82) is 0 Å². The third-order valence-electron chi connectivity index (χ3n) is 4.64. The van der Waals surface area contributed by atoms with E-state index in [0.29, 0.717) is 0 Å². The molecule has 0 bridgehead atoms. The fraction of sp³-hybridized carbons (Fsp3) is 0.120. The van der Waals surface area contributed by atoms with Gasteiger partial charge in [0.05, 0.1) is 6.20 Å². The molecule has 0 unspecified atom stereocenters. The minimum absolute atomic E-state index is 0. The van der Waals surface area contributed by atoms with Crippen molar-refractivity contribution < 1.29 is 22.1 Å². The Hall–Kier alpha value is -3.18. The van der Waals surface area contributed by atoms with Gasteiger partial charge < -0.3 is 13.7 Å². The van der Waals surface area contributed by atoms with Crippen molar-refractivity contribution in [3.8, 4) is 17.6 Å². The Morgan fingerprint density at radius 3 is 1.91 bits per heavy atom. The van der Waals surface area contributed by atoms with Crippen molar-refractivity contribution in [3.05, 3.63) is 108 Å². The van der Waals surface area contributed by atoms with E-state index in [1.54, 1.807) is 12.1 Å². The fourth-order valence-corrected chi connectivity index (χ4v) is 3.81. The summed E-state index contributed by atoms with van der Waals surface area (Å²) in [6.07, 6.45) is 1.24. The second-order valence-corrected chi connectivity index (χ2v) is 8.77. The molecule has 0 radical (unpaired) electrons. The molecular weight excluding hydrogens is 567 g/mol. The predicted octanol–water partition coefficient (Wildman–Crippen LogP) is 5.33. The molecule has 3 aromatic carbocycles. The monoisotopic (exact) mass is 590 g/mol. The van der Waals surface area contributed by atoms with E-state index in [1.807, 2.05) is 67.6 Å². The number of hydrogen-bond donors (Lipinski definition) is 0. The van der Waals surface area contributed by atoms with E-state index in [9.17, 15) is 8.42 Å². The maximum absolute atomic E-state index is 12.8.